The summed E-state index contributed by atoms with van der Waals surface area (Å²) in [5.41, 5.74) is 0.593. The van der Waals surface area contributed by atoms with Crippen molar-refractivity contribution in [1.82, 2.24) is 0 Å². The number of carbonyl (C=O) groups excluding carboxylic acids is 1. The molecule has 2 atom stereocenters. The first-order chi connectivity index (χ1) is 11.5. The summed E-state index contributed by atoms with van der Waals surface area (Å²) < 4.78 is 4.66. The van der Waals surface area contributed by atoms with E-state index in [4.69, 9.17) is 0 Å². The Bertz CT molecular complexity index is 332. The highest BCUT2D eigenvalue weighted by atomic mass is 79.9. The van der Waals surface area contributed by atoms with Crippen LogP contribution in [0.2, 0.25) is 0 Å². The van der Waals surface area contributed by atoms with Gasteiger partial charge < -0.3 is 4.74 Å². The minimum atomic E-state index is -0.271. The van der Waals surface area contributed by atoms with Crippen LogP contribution in [0.1, 0.15) is 90.4 Å². The minimum absolute atomic E-state index is 0.271. The predicted molar refractivity (Wildman–Crippen MR) is 112 cm³/mol. The van der Waals surface area contributed by atoms with E-state index in [0.29, 0.717) is 15.2 Å². The number of methoxy groups -OCH3 is 1. The Labute approximate surface area is 166 Å². The van der Waals surface area contributed by atoms with Gasteiger partial charge in [-0.05, 0) is 25.7 Å². The van der Waals surface area contributed by atoms with Crippen LogP contribution < -0.4 is 0 Å². The van der Waals surface area contributed by atoms with Gasteiger partial charge >= 0.3 is 5.97 Å². The van der Waals surface area contributed by atoms with Gasteiger partial charge in [0, 0.05) is 15.2 Å². The first kappa shape index (κ1) is 24.2. The highest BCUT2D eigenvalue weighted by Gasteiger charge is 2.14. The van der Waals surface area contributed by atoms with Crippen LogP contribution in [0.3, 0.4) is 0 Å². The third-order valence-electron chi connectivity index (χ3n) is 4.41. The number of esters is 1. The Morgan fingerprint density at radius 1 is 0.875 bits per heavy atom. The Hall–Kier alpha value is 0.170. The first-order valence-corrected chi connectivity index (χ1v) is 11.4. The fourth-order valence-electron chi connectivity index (χ4n) is 2.76. The quantitative estimate of drug-likeness (QED) is 0.103. The molecule has 142 valence electrons. The molecule has 0 radical (unpaired) electrons. The van der Waals surface area contributed by atoms with Crippen molar-refractivity contribution < 1.29 is 9.53 Å². The zero-order valence-electron chi connectivity index (χ0n) is 15.6. The molecule has 0 saturated heterocycles. The van der Waals surface area contributed by atoms with Gasteiger partial charge in [-0.2, -0.15) is 0 Å². The molecule has 0 saturated carbocycles. The van der Waals surface area contributed by atoms with Crippen LogP contribution in [0.25, 0.3) is 0 Å². The predicted octanol–water partition coefficient (Wildman–Crippen LogP) is 7.33. The Balaban J connectivity index is 3.52. The number of ether oxygens (including phenoxy) is 1. The molecule has 0 N–H and O–H groups in total. The van der Waals surface area contributed by atoms with Gasteiger partial charge in [0.2, 0.25) is 0 Å². The summed E-state index contributed by atoms with van der Waals surface area (Å²) in [4.78, 5) is 12.4. The summed E-state index contributed by atoms with van der Waals surface area (Å²) in [6.07, 6.45) is 16.0. The van der Waals surface area contributed by atoms with Crippen LogP contribution in [-0.2, 0) is 9.53 Å². The number of hydrogen-bond acceptors (Lipinski definition) is 2. The van der Waals surface area contributed by atoms with Crippen LogP contribution in [0.15, 0.2) is 12.2 Å². The van der Waals surface area contributed by atoms with E-state index in [1.165, 1.54) is 71.3 Å². The van der Waals surface area contributed by atoms with E-state index >= 15 is 0 Å². The van der Waals surface area contributed by atoms with E-state index in [0.717, 1.165) is 19.3 Å². The van der Waals surface area contributed by atoms with Gasteiger partial charge in [0.1, 0.15) is 0 Å². The summed E-state index contributed by atoms with van der Waals surface area (Å²) >= 11 is 7.68. The van der Waals surface area contributed by atoms with Gasteiger partial charge in [-0.1, -0.05) is 103 Å². The largest absolute Gasteiger partial charge is 0.466 e. The van der Waals surface area contributed by atoms with Crippen LogP contribution in [-0.4, -0.2) is 22.7 Å². The van der Waals surface area contributed by atoms with Crippen LogP contribution in [0.4, 0.5) is 0 Å². The number of unbranched alkanes of at least 4 members (excludes halogenated alkanes) is 8. The molecule has 0 unspecified atom stereocenters. The molecular weight excluding hydrogens is 432 g/mol. The molecule has 0 heterocycles. The topological polar surface area (TPSA) is 26.3 Å². The SMILES string of the molecule is C=C(CCCCCC[C@H](Br)[C@@H](Br)CCCCCCCC)C(=O)OC. The lowest BCUT2D eigenvalue weighted by Gasteiger charge is -2.16. The zero-order chi connectivity index (χ0) is 18.2. The lowest BCUT2D eigenvalue weighted by atomic mass is 10.0. The first-order valence-electron chi connectivity index (χ1n) is 9.57. The summed E-state index contributed by atoms with van der Waals surface area (Å²) in [5, 5.41) is 0. The molecule has 0 spiro atoms. The second-order valence-corrected chi connectivity index (χ2v) is 8.99. The van der Waals surface area contributed by atoms with Gasteiger partial charge in [-0.15, -0.1) is 0 Å². The molecule has 4 heteroatoms. The molecule has 0 rings (SSSR count). The third-order valence-corrected chi connectivity index (χ3v) is 7.31. The van der Waals surface area contributed by atoms with Crippen molar-refractivity contribution in [3.05, 3.63) is 12.2 Å². The van der Waals surface area contributed by atoms with Crippen molar-refractivity contribution in [3.8, 4) is 0 Å². The number of carbonyl (C=O) groups is 1. The van der Waals surface area contributed by atoms with Crippen molar-refractivity contribution >= 4 is 37.8 Å². The molecule has 0 amide bonds. The average Bonchev–Trinajstić information content (AvgIpc) is 2.59. The Morgan fingerprint density at radius 2 is 1.33 bits per heavy atom. The van der Waals surface area contributed by atoms with Crippen LogP contribution in [0, 0.1) is 0 Å². The maximum absolute atomic E-state index is 11.2. The fraction of sp³-hybridized carbons (Fsp3) is 0.850. The summed E-state index contributed by atoms with van der Waals surface area (Å²) in [5.74, 6) is -0.271. The van der Waals surface area contributed by atoms with Gasteiger partial charge in [0.25, 0.3) is 0 Å². The zero-order valence-corrected chi connectivity index (χ0v) is 18.8. The summed E-state index contributed by atoms with van der Waals surface area (Å²) in [7, 11) is 1.41. The van der Waals surface area contributed by atoms with Gasteiger partial charge in [0.05, 0.1) is 7.11 Å². The average molecular weight is 468 g/mol. The molecule has 0 aromatic rings. The van der Waals surface area contributed by atoms with Crippen molar-refractivity contribution in [2.75, 3.05) is 7.11 Å². The van der Waals surface area contributed by atoms with Crippen molar-refractivity contribution in [2.24, 2.45) is 0 Å². The van der Waals surface area contributed by atoms with E-state index in [1.54, 1.807) is 0 Å². The lowest BCUT2D eigenvalue weighted by molar-refractivity contribution is -0.136. The van der Waals surface area contributed by atoms with E-state index in [-0.39, 0.29) is 5.97 Å². The standard InChI is InChI=1S/C20H36Br2O2/c1-4-5-6-7-8-12-15-18(21)19(22)16-13-10-9-11-14-17(2)20(23)24-3/h18-19H,2,4-16H2,1,3H3/t18-,19-/m0/s1. The second kappa shape index (κ2) is 16.6. The van der Waals surface area contributed by atoms with Crippen molar-refractivity contribution in [1.29, 1.82) is 0 Å². The fourth-order valence-corrected chi connectivity index (χ4v) is 3.94. The maximum Gasteiger partial charge on any atom is 0.333 e. The normalized spacial score (nSPS) is 13.5. The van der Waals surface area contributed by atoms with Gasteiger partial charge in [0.15, 0.2) is 0 Å². The summed E-state index contributed by atoms with van der Waals surface area (Å²) in [6.45, 7) is 6.02. The lowest BCUT2D eigenvalue weighted by Crippen LogP contribution is -2.13. The van der Waals surface area contributed by atoms with E-state index in [2.05, 4.69) is 50.1 Å². The Morgan fingerprint density at radius 3 is 1.83 bits per heavy atom. The van der Waals surface area contributed by atoms with Crippen LogP contribution >= 0.6 is 31.9 Å². The summed E-state index contributed by atoms with van der Waals surface area (Å²) in [6, 6.07) is 0. The minimum Gasteiger partial charge on any atom is -0.466 e. The molecule has 0 fully saturated rings. The molecule has 0 aromatic heterocycles. The van der Waals surface area contributed by atoms with E-state index < -0.39 is 0 Å². The molecule has 0 aliphatic carbocycles. The molecule has 2 nitrogen and oxygen atoms in total. The molecule has 0 aliphatic heterocycles. The van der Waals surface area contributed by atoms with Crippen LogP contribution in [0.5, 0.6) is 0 Å². The Kier molecular flexibility index (Phi) is 16.7. The molecular formula is C20H36Br2O2. The number of halogens is 2. The highest BCUT2D eigenvalue weighted by Crippen LogP contribution is 2.25. The van der Waals surface area contributed by atoms with Gasteiger partial charge in [-0.25, -0.2) is 4.79 Å². The van der Waals surface area contributed by atoms with Crippen molar-refractivity contribution in [3.63, 3.8) is 0 Å². The highest BCUT2D eigenvalue weighted by molar-refractivity contribution is 9.12. The molecule has 0 aromatic carbocycles. The van der Waals surface area contributed by atoms with E-state index in [1.807, 2.05) is 0 Å². The maximum atomic E-state index is 11.2. The van der Waals surface area contributed by atoms with Crippen molar-refractivity contribution in [2.45, 2.75) is 100 Å². The number of rotatable bonds is 16. The number of hydrogen-bond donors (Lipinski definition) is 0. The second-order valence-electron chi connectivity index (χ2n) is 6.64. The third kappa shape index (κ3) is 13.5. The monoisotopic (exact) mass is 466 g/mol. The smallest absolute Gasteiger partial charge is 0.333 e. The number of alkyl halides is 2. The molecule has 0 bridgehead atoms. The van der Waals surface area contributed by atoms with Gasteiger partial charge in [-0.3, -0.25) is 0 Å². The molecule has 24 heavy (non-hydrogen) atoms. The van der Waals surface area contributed by atoms with E-state index in [9.17, 15) is 4.79 Å². The molecule has 0 aliphatic rings.